The van der Waals surface area contributed by atoms with Crippen molar-refractivity contribution in [1.29, 1.82) is 0 Å². The Morgan fingerprint density at radius 2 is 1.34 bits per heavy atom. The molecule has 3 aromatic carbocycles. The number of aldehydes is 1. The molecular weight excluding hydrogens is 445 g/mol. The second-order valence-corrected chi connectivity index (χ2v) is 9.69. The van der Waals surface area contributed by atoms with Crippen molar-refractivity contribution in [1.82, 2.24) is 0 Å². The lowest BCUT2D eigenvalue weighted by atomic mass is 9.42. The summed E-state index contributed by atoms with van der Waals surface area (Å²) >= 11 is 12.5. The van der Waals surface area contributed by atoms with E-state index in [1.165, 1.54) is 6.07 Å². The Morgan fingerprint density at radius 3 is 1.88 bits per heavy atom. The molecule has 1 aliphatic heterocycles. The molecule has 4 aliphatic rings. The molecule has 0 radical (unpaired) electrons. The van der Waals surface area contributed by atoms with Crippen LogP contribution in [0.15, 0.2) is 66.7 Å². The molecule has 1 heterocycles. The molecular formula is C26H17Cl2NO3. The number of anilines is 1. The van der Waals surface area contributed by atoms with Gasteiger partial charge >= 0.3 is 0 Å². The van der Waals surface area contributed by atoms with Gasteiger partial charge in [-0.05, 0) is 40.5 Å². The fourth-order valence-electron chi connectivity index (χ4n) is 6.36. The van der Waals surface area contributed by atoms with Crippen LogP contribution in [0.5, 0.6) is 0 Å². The second-order valence-electron chi connectivity index (χ2n) is 8.84. The predicted molar refractivity (Wildman–Crippen MR) is 122 cm³/mol. The molecule has 6 heteroatoms. The number of nitrogens with zero attached hydrogens (tertiary/aromatic N) is 1. The predicted octanol–water partition coefficient (Wildman–Crippen LogP) is 4.92. The maximum absolute atomic E-state index is 14.0. The number of carbonyl (C=O) groups excluding carboxylic acids is 3. The van der Waals surface area contributed by atoms with E-state index in [0.29, 0.717) is 5.02 Å². The highest BCUT2D eigenvalue weighted by Gasteiger charge is 2.72. The van der Waals surface area contributed by atoms with E-state index in [2.05, 4.69) is 0 Å². The minimum Gasteiger partial charge on any atom is -0.302 e. The minimum absolute atomic E-state index is 0.213. The highest BCUT2D eigenvalue weighted by Crippen LogP contribution is 2.66. The summed E-state index contributed by atoms with van der Waals surface area (Å²) in [6.45, 7) is 2.01. The van der Waals surface area contributed by atoms with Crippen molar-refractivity contribution in [3.05, 3.63) is 99.0 Å². The number of hydrogen-bond acceptors (Lipinski definition) is 3. The van der Waals surface area contributed by atoms with Crippen LogP contribution < -0.4 is 4.90 Å². The van der Waals surface area contributed by atoms with Gasteiger partial charge in [0.2, 0.25) is 11.8 Å². The van der Waals surface area contributed by atoms with Gasteiger partial charge < -0.3 is 4.79 Å². The number of benzene rings is 3. The number of halogens is 2. The number of hydrogen-bond donors (Lipinski definition) is 0. The lowest BCUT2D eigenvalue weighted by Crippen LogP contribution is -2.61. The highest BCUT2D eigenvalue weighted by molar-refractivity contribution is 6.38. The number of imide groups is 1. The van der Waals surface area contributed by atoms with Gasteiger partial charge in [-0.15, -0.1) is 0 Å². The summed E-state index contributed by atoms with van der Waals surface area (Å²) in [6.07, 6.45) is 0.860. The van der Waals surface area contributed by atoms with Crippen LogP contribution in [0, 0.1) is 11.8 Å². The molecule has 158 valence electrons. The van der Waals surface area contributed by atoms with Crippen molar-refractivity contribution in [2.45, 2.75) is 17.8 Å². The molecule has 0 saturated carbocycles. The SMILES string of the molecule is CC12c3ccccc3C(C=O)(c3ccccc31)[C@@H]1C(=O)N(c3ccc(Cl)cc3Cl)C(=O)[C@@H]12. The van der Waals surface area contributed by atoms with Crippen molar-refractivity contribution in [3.8, 4) is 0 Å². The van der Waals surface area contributed by atoms with Crippen LogP contribution in [0.4, 0.5) is 5.69 Å². The average Bonchev–Trinajstić information content (AvgIpc) is 3.07. The number of carbonyl (C=O) groups is 3. The van der Waals surface area contributed by atoms with E-state index in [1.807, 2.05) is 55.5 Å². The van der Waals surface area contributed by atoms with Crippen molar-refractivity contribution in [2.24, 2.45) is 11.8 Å². The van der Waals surface area contributed by atoms with E-state index < -0.39 is 28.6 Å². The van der Waals surface area contributed by atoms with Crippen LogP contribution in [-0.2, 0) is 25.2 Å². The van der Waals surface area contributed by atoms with Crippen LogP contribution in [0.25, 0.3) is 0 Å². The van der Waals surface area contributed by atoms with Gasteiger partial charge in [-0.2, -0.15) is 0 Å². The van der Waals surface area contributed by atoms with Gasteiger partial charge in [-0.1, -0.05) is 78.7 Å². The third-order valence-electron chi connectivity index (χ3n) is 7.62. The summed E-state index contributed by atoms with van der Waals surface area (Å²) in [7, 11) is 0. The molecule has 0 aromatic heterocycles. The highest BCUT2D eigenvalue weighted by atomic mass is 35.5. The standard InChI is InChI=1S/C26H17Cl2NO3/c1-25-15-6-2-4-8-17(15)26(13-30,18-9-5-3-7-16(18)25)22-21(25)23(31)29(24(22)32)20-11-10-14(27)12-19(20)28/h2-13,21-22H,1H3/t21-,22+,25?,26?/m1/s1. The van der Waals surface area contributed by atoms with Crippen molar-refractivity contribution in [3.63, 3.8) is 0 Å². The van der Waals surface area contributed by atoms with Gasteiger partial charge in [0.1, 0.15) is 6.29 Å². The molecule has 3 aliphatic carbocycles. The topological polar surface area (TPSA) is 54.5 Å². The average molecular weight is 462 g/mol. The van der Waals surface area contributed by atoms with E-state index in [9.17, 15) is 14.4 Å². The molecule has 4 nitrogen and oxygen atoms in total. The van der Waals surface area contributed by atoms with Crippen LogP contribution in [0.2, 0.25) is 10.0 Å². The van der Waals surface area contributed by atoms with E-state index in [-0.39, 0.29) is 16.6 Å². The third kappa shape index (κ3) is 2.03. The fourth-order valence-corrected chi connectivity index (χ4v) is 6.86. The number of rotatable bonds is 2. The van der Waals surface area contributed by atoms with Crippen LogP contribution in [0.3, 0.4) is 0 Å². The van der Waals surface area contributed by atoms with Gasteiger partial charge in [-0.3, -0.25) is 9.59 Å². The van der Waals surface area contributed by atoms with E-state index >= 15 is 0 Å². The Labute approximate surface area is 194 Å². The van der Waals surface area contributed by atoms with Gasteiger partial charge in [0.25, 0.3) is 0 Å². The molecule has 2 atom stereocenters. The molecule has 2 bridgehead atoms. The zero-order valence-corrected chi connectivity index (χ0v) is 18.5. The summed E-state index contributed by atoms with van der Waals surface area (Å²) in [4.78, 5) is 42.1. The summed E-state index contributed by atoms with van der Waals surface area (Å²) < 4.78 is 0. The first-order valence-corrected chi connectivity index (χ1v) is 11.1. The third-order valence-corrected chi connectivity index (χ3v) is 8.16. The molecule has 1 saturated heterocycles. The van der Waals surface area contributed by atoms with Gasteiger partial charge in [0.05, 0.1) is 28.0 Å². The van der Waals surface area contributed by atoms with E-state index in [0.717, 1.165) is 33.4 Å². The molecule has 2 amide bonds. The first-order valence-electron chi connectivity index (χ1n) is 10.4. The molecule has 1 fully saturated rings. The Bertz CT molecular complexity index is 1320. The van der Waals surface area contributed by atoms with E-state index in [1.54, 1.807) is 12.1 Å². The Hall–Kier alpha value is -2.95. The molecule has 0 N–H and O–H groups in total. The van der Waals surface area contributed by atoms with Gasteiger partial charge in [0, 0.05) is 10.4 Å². The smallest absolute Gasteiger partial charge is 0.239 e. The van der Waals surface area contributed by atoms with Gasteiger partial charge in [0.15, 0.2) is 0 Å². The lowest BCUT2D eigenvalue weighted by Gasteiger charge is -2.56. The molecule has 3 aromatic rings. The van der Waals surface area contributed by atoms with Crippen molar-refractivity contribution < 1.29 is 14.4 Å². The zero-order valence-electron chi connectivity index (χ0n) is 17.0. The molecule has 0 spiro atoms. The fraction of sp³-hybridized carbons (Fsp3) is 0.192. The largest absolute Gasteiger partial charge is 0.302 e. The Morgan fingerprint density at radius 1 is 0.812 bits per heavy atom. The maximum Gasteiger partial charge on any atom is 0.239 e. The normalized spacial score (nSPS) is 29.5. The van der Waals surface area contributed by atoms with Crippen LogP contribution in [-0.4, -0.2) is 18.1 Å². The van der Waals surface area contributed by atoms with Gasteiger partial charge in [-0.25, -0.2) is 4.90 Å². The molecule has 0 unspecified atom stereocenters. The van der Waals surface area contributed by atoms with Crippen LogP contribution in [0.1, 0.15) is 29.2 Å². The zero-order chi connectivity index (χ0) is 22.4. The first kappa shape index (κ1) is 19.7. The maximum atomic E-state index is 14.0. The van der Waals surface area contributed by atoms with Crippen molar-refractivity contribution in [2.75, 3.05) is 4.90 Å². The van der Waals surface area contributed by atoms with Crippen molar-refractivity contribution >= 4 is 47.0 Å². The summed E-state index contributed by atoms with van der Waals surface area (Å²) in [5.41, 5.74) is 1.70. The summed E-state index contributed by atoms with van der Waals surface area (Å²) in [6, 6.07) is 20.0. The Kier molecular flexibility index (Phi) is 3.88. The first-order chi connectivity index (χ1) is 15.4. The monoisotopic (exact) mass is 461 g/mol. The summed E-state index contributed by atoms with van der Waals surface area (Å²) in [5, 5.41) is 0.622. The second kappa shape index (κ2) is 6.31. The van der Waals surface area contributed by atoms with Crippen LogP contribution >= 0.6 is 23.2 Å². The quantitative estimate of drug-likeness (QED) is 0.402. The molecule has 32 heavy (non-hydrogen) atoms. The molecule has 7 rings (SSSR count). The van der Waals surface area contributed by atoms with E-state index in [4.69, 9.17) is 23.2 Å². The summed E-state index contributed by atoms with van der Waals surface area (Å²) in [5.74, 6) is -2.33. The number of amides is 2. The lowest BCUT2D eigenvalue weighted by molar-refractivity contribution is -0.129. The Balaban J connectivity index is 1.69. The minimum atomic E-state index is -1.24.